The molecule has 0 aromatic heterocycles. The molecule has 80 valence electrons. The third-order valence-electron chi connectivity index (χ3n) is 1.65. The molecule has 3 N–H and O–H groups in total. The summed E-state index contributed by atoms with van der Waals surface area (Å²) in [5, 5.41) is 10.8. The van der Waals surface area contributed by atoms with E-state index in [9.17, 15) is 9.59 Å². The summed E-state index contributed by atoms with van der Waals surface area (Å²) in [5.41, 5.74) is 1.68. The molecule has 0 atom stereocenters. The van der Waals surface area contributed by atoms with Crippen LogP contribution in [0, 0.1) is 0 Å². The van der Waals surface area contributed by atoms with Gasteiger partial charge in [0.1, 0.15) is 0 Å². The molecule has 0 unspecified atom stereocenters. The SMILES string of the molecule is O=C(CNC(=O)c1ccccc1Cl)NO. The lowest BCUT2D eigenvalue weighted by Gasteiger charge is -2.04. The molecule has 0 radical (unpaired) electrons. The molecule has 1 aromatic carbocycles. The molecule has 6 heteroatoms. The molecule has 5 nitrogen and oxygen atoms in total. The number of nitrogens with one attached hydrogen (secondary N) is 2. The highest BCUT2D eigenvalue weighted by Crippen LogP contribution is 2.14. The lowest BCUT2D eigenvalue weighted by Crippen LogP contribution is -2.35. The second-order valence-electron chi connectivity index (χ2n) is 2.70. The second kappa shape index (κ2) is 5.33. The number of halogens is 1. The maximum absolute atomic E-state index is 11.4. The van der Waals surface area contributed by atoms with Gasteiger partial charge in [0.15, 0.2) is 0 Å². The molecule has 15 heavy (non-hydrogen) atoms. The summed E-state index contributed by atoms with van der Waals surface area (Å²) in [6, 6.07) is 6.46. The molecule has 0 bridgehead atoms. The van der Waals surface area contributed by atoms with Crippen LogP contribution >= 0.6 is 11.6 Å². The minimum atomic E-state index is -0.699. The molecule has 0 saturated heterocycles. The summed E-state index contributed by atoms with van der Waals surface area (Å²) in [6.45, 7) is -0.305. The zero-order chi connectivity index (χ0) is 11.3. The van der Waals surface area contributed by atoms with Crippen molar-refractivity contribution in [2.45, 2.75) is 0 Å². The van der Waals surface area contributed by atoms with Crippen LogP contribution in [0.15, 0.2) is 24.3 Å². The average molecular weight is 229 g/mol. The van der Waals surface area contributed by atoms with E-state index >= 15 is 0 Å². The number of rotatable bonds is 3. The van der Waals surface area contributed by atoms with Crippen molar-refractivity contribution in [3.05, 3.63) is 34.9 Å². The van der Waals surface area contributed by atoms with E-state index in [0.717, 1.165) is 0 Å². The maximum Gasteiger partial charge on any atom is 0.262 e. The average Bonchev–Trinajstić information content (AvgIpc) is 2.26. The first-order valence-corrected chi connectivity index (χ1v) is 4.48. The van der Waals surface area contributed by atoms with E-state index in [0.29, 0.717) is 5.02 Å². The molecule has 0 aliphatic carbocycles. The van der Waals surface area contributed by atoms with Crippen molar-refractivity contribution in [2.24, 2.45) is 0 Å². The Morgan fingerprint density at radius 3 is 2.60 bits per heavy atom. The van der Waals surface area contributed by atoms with Crippen molar-refractivity contribution in [1.82, 2.24) is 10.8 Å². The zero-order valence-electron chi connectivity index (χ0n) is 7.66. The van der Waals surface area contributed by atoms with Crippen molar-refractivity contribution in [1.29, 1.82) is 0 Å². The van der Waals surface area contributed by atoms with Gasteiger partial charge in [-0.05, 0) is 12.1 Å². The van der Waals surface area contributed by atoms with Crippen molar-refractivity contribution >= 4 is 23.4 Å². The first-order valence-electron chi connectivity index (χ1n) is 4.11. The molecule has 0 saturated carbocycles. The molecule has 1 rings (SSSR count). The van der Waals surface area contributed by atoms with E-state index < -0.39 is 11.8 Å². The van der Waals surface area contributed by atoms with Gasteiger partial charge in [0.25, 0.3) is 11.8 Å². The molecule has 0 fully saturated rings. The highest BCUT2D eigenvalue weighted by molar-refractivity contribution is 6.33. The maximum atomic E-state index is 11.4. The predicted octanol–water partition coefficient (Wildman–Crippen LogP) is 0.575. The van der Waals surface area contributed by atoms with E-state index in [-0.39, 0.29) is 12.1 Å². The minimum Gasteiger partial charge on any atom is -0.343 e. The van der Waals surface area contributed by atoms with Crippen molar-refractivity contribution in [3.63, 3.8) is 0 Å². The van der Waals surface area contributed by atoms with Gasteiger partial charge in [0.2, 0.25) is 0 Å². The Hall–Kier alpha value is -1.59. The van der Waals surface area contributed by atoms with Crippen molar-refractivity contribution in [3.8, 4) is 0 Å². The van der Waals surface area contributed by atoms with Crippen LogP contribution in [0.3, 0.4) is 0 Å². The number of benzene rings is 1. The van der Waals surface area contributed by atoms with Gasteiger partial charge in [-0.1, -0.05) is 23.7 Å². The van der Waals surface area contributed by atoms with E-state index in [4.69, 9.17) is 16.8 Å². The van der Waals surface area contributed by atoms with Gasteiger partial charge in [-0.15, -0.1) is 0 Å². The zero-order valence-corrected chi connectivity index (χ0v) is 8.41. The van der Waals surface area contributed by atoms with Gasteiger partial charge in [-0.2, -0.15) is 0 Å². The van der Waals surface area contributed by atoms with Crippen LogP contribution < -0.4 is 10.8 Å². The highest BCUT2D eigenvalue weighted by Gasteiger charge is 2.10. The van der Waals surface area contributed by atoms with Gasteiger partial charge in [0.05, 0.1) is 17.1 Å². The summed E-state index contributed by atoms with van der Waals surface area (Å²) < 4.78 is 0. The third kappa shape index (κ3) is 3.23. The monoisotopic (exact) mass is 228 g/mol. The number of hydroxylamine groups is 1. The first-order chi connectivity index (χ1) is 7.15. The van der Waals surface area contributed by atoms with Crippen LogP contribution in [0.1, 0.15) is 10.4 Å². The molecule has 1 aromatic rings. The highest BCUT2D eigenvalue weighted by atomic mass is 35.5. The number of hydrogen-bond acceptors (Lipinski definition) is 3. The van der Waals surface area contributed by atoms with Crippen LogP contribution in [-0.4, -0.2) is 23.6 Å². The largest absolute Gasteiger partial charge is 0.343 e. The Labute approximate surface area is 91.0 Å². The summed E-state index contributed by atoms with van der Waals surface area (Å²) in [7, 11) is 0. The van der Waals surface area contributed by atoms with Gasteiger partial charge >= 0.3 is 0 Å². The Bertz CT molecular complexity index is 381. The fourth-order valence-corrected chi connectivity index (χ4v) is 1.16. The van der Waals surface area contributed by atoms with Gasteiger partial charge in [-0.25, -0.2) is 5.48 Å². The fourth-order valence-electron chi connectivity index (χ4n) is 0.941. The van der Waals surface area contributed by atoms with Crippen molar-refractivity contribution in [2.75, 3.05) is 6.54 Å². The molecular formula is C9H9ClN2O3. The predicted molar refractivity (Wildman–Crippen MR) is 53.7 cm³/mol. The Morgan fingerprint density at radius 2 is 2.00 bits per heavy atom. The molecule has 2 amide bonds. The topological polar surface area (TPSA) is 78.4 Å². The van der Waals surface area contributed by atoms with Crippen molar-refractivity contribution < 1.29 is 14.8 Å². The molecule has 0 aliphatic heterocycles. The van der Waals surface area contributed by atoms with Crippen LogP contribution in [0.5, 0.6) is 0 Å². The fraction of sp³-hybridized carbons (Fsp3) is 0.111. The molecular weight excluding hydrogens is 220 g/mol. The van der Waals surface area contributed by atoms with Gasteiger partial charge in [0, 0.05) is 0 Å². The van der Waals surface area contributed by atoms with Crippen LogP contribution in [0.2, 0.25) is 5.02 Å². The smallest absolute Gasteiger partial charge is 0.262 e. The molecule has 0 heterocycles. The number of amides is 2. The van der Waals surface area contributed by atoms with E-state index in [2.05, 4.69) is 5.32 Å². The second-order valence-corrected chi connectivity index (χ2v) is 3.10. The number of hydrogen-bond donors (Lipinski definition) is 3. The van der Waals surface area contributed by atoms with Gasteiger partial charge < -0.3 is 5.32 Å². The Balaban J connectivity index is 2.62. The van der Waals surface area contributed by atoms with Crippen LogP contribution in [-0.2, 0) is 4.79 Å². The quantitative estimate of drug-likeness (QED) is 0.523. The van der Waals surface area contributed by atoms with E-state index in [1.165, 1.54) is 11.5 Å². The van der Waals surface area contributed by atoms with Crippen LogP contribution in [0.25, 0.3) is 0 Å². The first kappa shape index (κ1) is 11.5. The Kier molecular flexibility index (Phi) is 4.08. The summed E-state index contributed by atoms with van der Waals surface area (Å²) in [6.07, 6.45) is 0. The number of carbonyl (C=O) groups excluding carboxylic acids is 2. The lowest BCUT2D eigenvalue weighted by atomic mass is 10.2. The van der Waals surface area contributed by atoms with E-state index in [1.807, 2.05) is 0 Å². The number of carbonyl (C=O) groups is 2. The summed E-state index contributed by atoms with van der Waals surface area (Å²) in [5.74, 6) is -1.17. The summed E-state index contributed by atoms with van der Waals surface area (Å²) >= 11 is 5.76. The third-order valence-corrected chi connectivity index (χ3v) is 1.98. The summed E-state index contributed by atoms with van der Waals surface area (Å²) in [4.78, 5) is 22.1. The van der Waals surface area contributed by atoms with E-state index in [1.54, 1.807) is 18.2 Å². The minimum absolute atomic E-state index is 0.282. The Morgan fingerprint density at radius 1 is 1.33 bits per heavy atom. The van der Waals surface area contributed by atoms with Crippen LogP contribution in [0.4, 0.5) is 0 Å². The molecule has 0 spiro atoms. The van der Waals surface area contributed by atoms with Gasteiger partial charge in [-0.3, -0.25) is 14.8 Å². The normalized spacial score (nSPS) is 9.47. The lowest BCUT2D eigenvalue weighted by molar-refractivity contribution is -0.128. The molecule has 0 aliphatic rings. The standard InChI is InChI=1S/C9H9ClN2O3/c10-7-4-2-1-3-6(7)9(14)11-5-8(13)12-15/h1-4,15H,5H2,(H,11,14)(H,12,13).